The van der Waals surface area contributed by atoms with Crippen LogP contribution < -0.4 is 21.5 Å². The van der Waals surface area contributed by atoms with Crippen LogP contribution in [-0.2, 0) is 6.54 Å². The van der Waals surface area contributed by atoms with Gasteiger partial charge in [-0.2, -0.15) is 0 Å². The third kappa shape index (κ3) is 6.39. The maximum Gasteiger partial charge on any atom is 0.258 e. The van der Waals surface area contributed by atoms with Crippen molar-refractivity contribution in [2.45, 2.75) is 32.1 Å². The molecule has 6 nitrogen and oxygen atoms in total. The van der Waals surface area contributed by atoms with Crippen molar-refractivity contribution >= 4 is 23.5 Å². The second kappa shape index (κ2) is 10.9. The second-order valence-corrected chi connectivity index (χ2v) is 8.58. The molecule has 4 rings (SSSR count). The van der Waals surface area contributed by atoms with Crippen molar-refractivity contribution in [1.82, 2.24) is 21.5 Å². The van der Waals surface area contributed by atoms with E-state index in [9.17, 15) is 18.0 Å². The molecule has 10 heteroatoms. The van der Waals surface area contributed by atoms with Crippen LogP contribution >= 0.6 is 11.6 Å². The van der Waals surface area contributed by atoms with E-state index in [2.05, 4.69) is 26.5 Å². The van der Waals surface area contributed by atoms with Gasteiger partial charge in [-0.1, -0.05) is 47.5 Å². The molecule has 0 radical (unpaired) electrons. The lowest BCUT2D eigenvalue weighted by molar-refractivity contribution is 0.0975. The van der Waals surface area contributed by atoms with Crippen LogP contribution in [0.1, 0.15) is 39.5 Å². The van der Waals surface area contributed by atoms with E-state index in [4.69, 9.17) is 11.6 Å². The van der Waals surface area contributed by atoms with Crippen molar-refractivity contribution in [3.8, 4) is 0 Å². The Kier molecular flexibility index (Phi) is 7.70. The third-order valence-electron chi connectivity index (χ3n) is 5.53. The number of hydrogen-bond acceptors (Lipinski definition) is 4. The highest BCUT2D eigenvalue weighted by Crippen LogP contribution is 2.22. The molecule has 2 atom stereocenters. The third-order valence-corrected chi connectivity index (χ3v) is 5.88. The van der Waals surface area contributed by atoms with Gasteiger partial charge < -0.3 is 5.32 Å². The Bertz CT molecular complexity index is 1250. The fraction of sp³-hybridized carbons (Fsp3) is 0.200. The van der Waals surface area contributed by atoms with Crippen LogP contribution in [0.5, 0.6) is 0 Å². The van der Waals surface area contributed by atoms with Crippen molar-refractivity contribution in [3.63, 3.8) is 0 Å². The van der Waals surface area contributed by atoms with Crippen molar-refractivity contribution in [3.05, 3.63) is 105 Å². The summed E-state index contributed by atoms with van der Waals surface area (Å²) < 4.78 is 40.3. The molecule has 0 saturated carbocycles. The first-order chi connectivity index (χ1) is 16.8. The van der Waals surface area contributed by atoms with E-state index in [0.717, 1.165) is 23.3 Å². The lowest BCUT2D eigenvalue weighted by Gasteiger charge is -2.17. The van der Waals surface area contributed by atoms with Gasteiger partial charge in [0.2, 0.25) is 0 Å². The number of nitrogens with zero attached hydrogens (tertiary/aromatic N) is 1. The van der Waals surface area contributed by atoms with Gasteiger partial charge in [-0.15, -0.1) is 0 Å². The predicted molar refractivity (Wildman–Crippen MR) is 128 cm³/mol. The SMILES string of the molecule is Cc1ccc(C2CC(NC(=NCc3ccc(F)cc3Cl)NC(=O)c3ccc(F)c(F)c3)NN2)cc1. The summed E-state index contributed by atoms with van der Waals surface area (Å²) in [4.78, 5) is 17.1. The monoisotopic (exact) mass is 501 g/mol. The highest BCUT2D eigenvalue weighted by Gasteiger charge is 2.26. The molecule has 182 valence electrons. The van der Waals surface area contributed by atoms with E-state index in [0.29, 0.717) is 12.0 Å². The summed E-state index contributed by atoms with van der Waals surface area (Å²) >= 11 is 6.10. The van der Waals surface area contributed by atoms with Gasteiger partial charge in [0.25, 0.3) is 5.91 Å². The Balaban J connectivity index is 1.50. The Morgan fingerprint density at radius 1 is 1.03 bits per heavy atom. The smallest absolute Gasteiger partial charge is 0.258 e. The maximum absolute atomic E-state index is 13.6. The minimum atomic E-state index is -1.13. The zero-order valence-corrected chi connectivity index (χ0v) is 19.5. The molecule has 2 unspecified atom stereocenters. The number of halogens is 4. The van der Waals surface area contributed by atoms with Crippen LogP contribution in [0.25, 0.3) is 0 Å². The minimum absolute atomic E-state index is 0.0165. The number of carbonyl (C=O) groups excluding carboxylic acids is 1. The molecule has 3 aromatic carbocycles. The van der Waals surface area contributed by atoms with Crippen LogP contribution in [0.15, 0.2) is 65.7 Å². The Labute approximate surface area is 205 Å². The first-order valence-corrected chi connectivity index (χ1v) is 11.3. The van der Waals surface area contributed by atoms with Crippen LogP contribution in [0.4, 0.5) is 13.2 Å². The van der Waals surface area contributed by atoms with Crippen LogP contribution in [0, 0.1) is 24.4 Å². The summed E-state index contributed by atoms with van der Waals surface area (Å²) in [5, 5.41) is 5.90. The highest BCUT2D eigenvalue weighted by molar-refractivity contribution is 6.31. The van der Waals surface area contributed by atoms with Crippen LogP contribution in [0.3, 0.4) is 0 Å². The molecule has 35 heavy (non-hydrogen) atoms. The first-order valence-electron chi connectivity index (χ1n) is 10.9. The minimum Gasteiger partial charge on any atom is -0.339 e. The molecule has 1 aliphatic rings. The molecule has 1 amide bonds. The average molecular weight is 502 g/mol. The number of guanidine groups is 1. The Hall–Kier alpha value is -3.40. The number of aliphatic imine (C=N–C) groups is 1. The summed E-state index contributed by atoms with van der Waals surface area (Å²) in [6.45, 7) is 2.06. The highest BCUT2D eigenvalue weighted by atomic mass is 35.5. The standard InChI is InChI=1S/C25H23ClF3N5O/c1-14-2-4-15(5-3-14)22-12-23(34-33-22)31-25(30-13-17-6-8-18(27)11-19(17)26)32-24(35)16-7-9-20(28)21(29)10-16/h2-11,22-23,33-34H,12-13H2,1H3,(H2,30,31,32,35). The number of aryl methyl sites for hydroxylation is 1. The number of amides is 1. The van der Waals surface area contributed by atoms with Crippen molar-refractivity contribution in [2.75, 3.05) is 0 Å². The molecule has 1 saturated heterocycles. The van der Waals surface area contributed by atoms with Crippen molar-refractivity contribution < 1.29 is 18.0 Å². The molecule has 0 spiro atoms. The number of hydrazine groups is 1. The fourth-order valence-corrected chi connectivity index (χ4v) is 3.81. The fourth-order valence-electron chi connectivity index (χ4n) is 3.59. The topological polar surface area (TPSA) is 77.5 Å². The summed E-state index contributed by atoms with van der Waals surface area (Å²) in [7, 11) is 0. The molecule has 3 aromatic rings. The van der Waals surface area contributed by atoms with Crippen molar-refractivity contribution in [1.29, 1.82) is 0 Å². The number of hydrogen-bond donors (Lipinski definition) is 4. The van der Waals surface area contributed by atoms with E-state index < -0.39 is 23.4 Å². The summed E-state index contributed by atoms with van der Waals surface area (Å²) in [5.41, 5.74) is 9.04. The summed E-state index contributed by atoms with van der Waals surface area (Å²) in [6.07, 6.45) is 0.314. The van der Waals surface area contributed by atoms with Gasteiger partial charge in [-0.25, -0.2) is 29.0 Å². The van der Waals surface area contributed by atoms with E-state index in [1.54, 1.807) is 0 Å². The predicted octanol–water partition coefficient (Wildman–Crippen LogP) is 4.51. The summed E-state index contributed by atoms with van der Waals surface area (Å²) in [6, 6.07) is 14.9. The quantitative estimate of drug-likeness (QED) is 0.306. The van der Waals surface area contributed by atoms with E-state index in [1.807, 2.05) is 31.2 Å². The lowest BCUT2D eigenvalue weighted by Crippen LogP contribution is -2.50. The molecule has 0 aromatic heterocycles. The first kappa shape index (κ1) is 24.7. The van der Waals surface area contributed by atoms with Gasteiger partial charge in [0, 0.05) is 23.0 Å². The second-order valence-electron chi connectivity index (χ2n) is 8.17. The van der Waals surface area contributed by atoms with Gasteiger partial charge >= 0.3 is 0 Å². The molecular weight excluding hydrogens is 479 g/mol. The van der Waals surface area contributed by atoms with Crippen LogP contribution in [-0.4, -0.2) is 18.0 Å². The Morgan fingerprint density at radius 3 is 2.51 bits per heavy atom. The van der Waals surface area contributed by atoms with E-state index in [1.165, 1.54) is 24.3 Å². The summed E-state index contributed by atoms with van der Waals surface area (Å²) in [5.74, 6) is -3.26. The van der Waals surface area contributed by atoms with Crippen molar-refractivity contribution in [2.24, 2.45) is 4.99 Å². The number of rotatable bonds is 5. The lowest BCUT2D eigenvalue weighted by atomic mass is 10.0. The van der Waals surface area contributed by atoms with Crippen LogP contribution in [0.2, 0.25) is 5.02 Å². The normalized spacial score (nSPS) is 17.9. The number of benzene rings is 3. The van der Waals surface area contributed by atoms with E-state index >= 15 is 0 Å². The molecule has 1 fully saturated rings. The number of nitrogens with one attached hydrogen (secondary N) is 4. The van der Waals surface area contributed by atoms with Gasteiger partial charge in [0.1, 0.15) is 5.82 Å². The molecule has 0 bridgehead atoms. The zero-order valence-electron chi connectivity index (χ0n) is 18.7. The average Bonchev–Trinajstić information content (AvgIpc) is 3.29. The van der Waals surface area contributed by atoms with Gasteiger partial charge in [0.15, 0.2) is 17.6 Å². The number of carbonyl (C=O) groups is 1. The Morgan fingerprint density at radius 2 is 1.80 bits per heavy atom. The van der Waals surface area contributed by atoms with Gasteiger partial charge in [-0.05, 0) is 48.4 Å². The molecule has 1 aliphatic heterocycles. The maximum atomic E-state index is 13.6. The molecule has 1 heterocycles. The molecule has 4 N–H and O–H groups in total. The van der Waals surface area contributed by atoms with Gasteiger partial charge in [-0.3, -0.25) is 10.1 Å². The van der Waals surface area contributed by atoms with Gasteiger partial charge in [0.05, 0.1) is 12.7 Å². The zero-order chi connectivity index (χ0) is 24.9. The molecular formula is C25H23ClF3N5O. The van der Waals surface area contributed by atoms with E-state index in [-0.39, 0.29) is 35.3 Å². The molecule has 0 aliphatic carbocycles. The largest absolute Gasteiger partial charge is 0.339 e.